The molecule has 0 aliphatic heterocycles. The topological polar surface area (TPSA) is 71.3 Å². The van der Waals surface area contributed by atoms with E-state index in [2.05, 4.69) is 24.1 Å². The van der Waals surface area contributed by atoms with Gasteiger partial charge in [0.15, 0.2) is 4.77 Å². The number of hydrogen-bond donors (Lipinski definition) is 3. The third-order valence-electron chi connectivity index (χ3n) is 5.55. The van der Waals surface area contributed by atoms with E-state index in [1.54, 1.807) is 22.8 Å². The van der Waals surface area contributed by atoms with Crippen molar-refractivity contribution in [3.05, 3.63) is 73.7 Å². The molecule has 3 rings (SSSR count). The Morgan fingerprint density at radius 3 is 2.55 bits per heavy atom. The molecule has 3 N–H and O–H groups in total. The smallest absolute Gasteiger partial charge is 0.262 e. The van der Waals surface area contributed by atoms with E-state index in [-0.39, 0.29) is 11.5 Å². The van der Waals surface area contributed by atoms with Gasteiger partial charge in [0.05, 0.1) is 37.1 Å². The first kappa shape index (κ1) is 23.2. The van der Waals surface area contributed by atoms with E-state index >= 15 is 0 Å². The second kappa shape index (κ2) is 10.7. The number of fused-ring (bicyclic) bond motifs is 1. The summed E-state index contributed by atoms with van der Waals surface area (Å²) in [4.78, 5) is 30.0. The maximum Gasteiger partial charge on any atom is 0.262 e. The van der Waals surface area contributed by atoms with Crippen molar-refractivity contribution in [2.45, 2.75) is 26.8 Å². The third kappa shape index (κ3) is 5.81. The fourth-order valence-electron chi connectivity index (χ4n) is 3.55. The lowest BCUT2D eigenvalue weighted by Crippen LogP contribution is -3.11. The normalized spacial score (nSPS) is 11.2. The van der Waals surface area contributed by atoms with E-state index in [9.17, 15) is 9.59 Å². The Kier molecular flexibility index (Phi) is 8.01. The summed E-state index contributed by atoms with van der Waals surface area (Å²) < 4.78 is 1.99. The van der Waals surface area contributed by atoms with Gasteiger partial charge in [0.1, 0.15) is 0 Å². The van der Waals surface area contributed by atoms with Crippen LogP contribution in [0.15, 0.2) is 47.3 Å². The van der Waals surface area contributed by atoms with Crippen LogP contribution in [-0.2, 0) is 13.0 Å². The van der Waals surface area contributed by atoms with Crippen LogP contribution < -0.4 is 15.8 Å². The molecule has 31 heavy (non-hydrogen) atoms. The van der Waals surface area contributed by atoms with Crippen LogP contribution in [0, 0.1) is 4.77 Å². The molecule has 0 unspecified atom stereocenters. The Bertz CT molecular complexity index is 1170. The van der Waals surface area contributed by atoms with Gasteiger partial charge in [-0.25, -0.2) is 0 Å². The highest BCUT2D eigenvalue weighted by molar-refractivity contribution is 7.71. The number of hydrogen-bond acceptors (Lipinski definition) is 3. The van der Waals surface area contributed by atoms with Gasteiger partial charge in [-0.15, -0.1) is 0 Å². The third-order valence-corrected chi connectivity index (χ3v) is 6.12. The SMILES string of the molecule is CC[NH+](CC)CCn1c(=S)[nH]c2cc(C(=O)NCCc3ccc(Cl)cc3)ccc2c1=O. The van der Waals surface area contributed by atoms with Gasteiger partial charge >= 0.3 is 0 Å². The molecule has 1 heterocycles. The molecule has 1 amide bonds. The molecule has 8 heteroatoms. The van der Waals surface area contributed by atoms with Crippen molar-refractivity contribution in [3.8, 4) is 0 Å². The van der Waals surface area contributed by atoms with Crippen molar-refractivity contribution in [2.75, 3.05) is 26.2 Å². The number of rotatable bonds is 9. The highest BCUT2D eigenvalue weighted by Gasteiger charge is 2.12. The number of benzene rings is 2. The maximum atomic E-state index is 12.9. The Labute approximate surface area is 191 Å². The van der Waals surface area contributed by atoms with Crippen LogP contribution >= 0.6 is 23.8 Å². The Morgan fingerprint density at radius 2 is 1.87 bits per heavy atom. The molecule has 3 aromatic rings. The number of amides is 1. The second-order valence-electron chi connectivity index (χ2n) is 7.49. The summed E-state index contributed by atoms with van der Waals surface area (Å²) in [6.45, 7) is 8.18. The lowest BCUT2D eigenvalue weighted by Gasteiger charge is -2.16. The molecule has 2 aromatic carbocycles. The zero-order chi connectivity index (χ0) is 22.4. The van der Waals surface area contributed by atoms with E-state index in [4.69, 9.17) is 23.8 Å². The van der Waals surface area contributed by atoms with Crippen molar-refractivity contribution in [3.63, 3.8) is 0 Å². The van der Waals surface area contributed by atoms with Gasteiger partial charge in [-0.2, -0.15) is 0 Å². The summed E-state index contributed by atoms with van der Waals surface area (Å²) in [6.07, 6.45) is 0.707. The quantitative estimate of drug-likeness (QED) is 0.431. The number of quaternary nitrogens is 1. The molecule has 0 bridgehead atoms. The Morgan fingerprint density at radius 1 is 1.16 bits per heavy atom. The van der Waals surface area contributed by atoms with E-state index in [1.807, 2.05) is 24.3 Å². The van der Waals surface area contributed by atoms with Gasteiger partial charge in [0, 0.05) is 17.1 Å². The predicted octanol–water partition coefficient (Wildman–Crippen LogP) is 2.61. The number of nitrogens with one attached hydrogen (secondary N) is 3. The summed E-state index contributed by atoms with van der Waals surface area (Å²) in [7, 11) is 0. The molecule has 0 atom stereocenters. The van der Waals surface area contributed by atoms with Crippen LogP contribution in [0.1, 0.15) is 29.8 Å². The van der Waals surface area contributed by atoms with Crippen LogP contribution in [0.5, 0.6) is 0 Å². The number of aromatic nitrogens is 2. The molecular weight excluding hydrogens is 432 g/mol. The van der Waals surface area contributed by atoms with Gasteiger partial charge in [-0.1, -0.05) is 23.7 Å². The average Bonchev–Trinajstić information content (AvgIpc) is 2.77. The maximum absolute atomic E-state index is 12.9. The zero-order valence-corrected chi connectivity index (χ0v) is 19.4. The van der Waals surface area contributed by atoms with Crippen LogP contribution in [0.3, 0.4) is 0 Å². The standard InChI is InChI=1S/C23H27ClN4O2S/c1-3-27(4-2)13-14-28-22(30)19-10-7-17(15-20(19)26-23(28)31)21(29)25-12-11-16-5-8-18(24)9-6-16/h5-10,15H,3-4,11-14H2,1-2H3,(H,25,29)(H,26,31)/p+1. The van der Waals surface area contributed by atoms with Crippen LogP contribution in [0.4, 0.5) is 0 Å². The number of aromatic amines is 1. The Hall–Kier alpha value is -2.48. The summed E-state index contributed by atoms with van der Waals surface area (Å²) in [5.74, 6) is -0.190. The first-order valence-corrected chi connectivity index (χ1v) is 11.3. The van der Waals surface area contributed by atoms with Crippen LogP contribution in [-0.4, -0.2) is 41.6 Å². The first-order chi connectivity index (χ1) is 14.9. The molecule has 0 radical (unpaired) electrons. The number of nitrogens with zero attached hydrogens (tertiary/aromatic N) is 1. The lowest BCUT2D eigenvalue weighted by molar-refractivity contribution is -0.897. The van der Waals surface area contributed by atoms with Crippen molar-refractivity contribution < 1.29 is 9.69 Å². The average molecular weight is 460 g/mol. The molecule has 0 spiro atoms. The predicted molar refractivity (Wildman–Crippen MR) is 128 cm³/mol. The van der Waals surface area contributed by atoms with Crippen molar-refractivity contribution >= 4 is 40.6 Å². The van der Waals surface area contributed by atoms with Crippen LogP contribution in [0.25, 0.3) is 10.9 Å². The van der Waals surface area contributed by atoms with Crippen LogP contribution in [0.2, 0.25) is 5.02 Å². The molecule has 1 aromatic heterocycles. The summed E-state index contributed by atoms with van der Waals surface area (Å²) in [6, 6.07) is 12.6. The van der Waals surface area contributed by atoms with Crippen molar-refractivity contribution in [1.29, 1.82) is 0 Å². The number of halogens is 1. The minimum absolute atomic E-state index is 0.125. The molecule has 0 saturated carbocycles. The first-order valence-electron chi connectivity index (χ1n) is 10.6. The highest BCUT2D eigenvalue weighted by Crippen LogP contribution is 2.12. The fourth-order valence-corrected chi connectivity index (χ4v) is 3.96. The molecule has 6 nitrogen and oxygen atoms in total. The molecule has 0 saturated heterocycles. The number of carbonyl (C=O) groups is 1. The Balaban J connectivity index is 1.72. The monoisotopic (exact) mass is 459 g/mol. The molecule has 0 aliphatic rings. The van der Waals surface area contributed by atoms with Gasteiger partial charge < -0.3 is 15.2 Å². The zero-order valence-electron chi connectivity index (χ0n) is 17.8. The summed E-state index contributed by atoms with van der Waals surface area (Å²) in [5.41, 5.74) is 2.03. The van der Waals surface area contributed by atoms with Gasteiger partial charge in [0.25, 0.3) is 11.5 Å². The van der Waals surface area contributed by atoms with Crippen molar-refractivity contribution in [1.82, 2.24) is 14.9 Å². The second-order valence-corrected chi connectivity index (χ2v) is 8.31. The summed E-state index contributed by atoms with van der Waals surface area (Å²) in [5, 5.41) is 4.13. The van der Waals surface area contributed by atoms with Gasteiger partial charge in [0.2, 0.25) is 0 Å². The fraction of sp³-hybridized carbons (Fsp3) is 0.348. The van der Waals surface area contributed by atoms with E-state index in [0.717, 1.165) is 25.2 Å². The van der Waals surface area contributed by atoms with Crippen molar-refractivity contribution in [2.24, 2.45) is 0 Å². The highest BCUT2D eigenvalue weighted by atomic mass is 35.5. The molecular formula is C23H28ClN4O2S+. The number of likely N-dealkylation sites (N-methyl/N-ethyl adjacent to an activating group) is 1. The van der Waals surface area contributed by atoms with E-state index in [1.165, 1.54) is 4.90 Å². The number of carbonyl (C=O) groups excluding carboxylic acids is 1. The van der Waals surface area contributed by atoms with Gasteiger partial charge in [-0.05, 0) is 68.4 Å². The van der Waals surface area contributed by atoms with E-state index in [0.29, 0.717) is 45.8 Å². The molecule has 164 valence electrons. The minimum Gasteiger partial charge on any atom is -0.352 e. The van der Waals surface area contributed by atoms with E-state index < -0.39 is 0 Å². The lowest BCUT2D eigenvalue weighted by atomic mass is 10.1. The largest absolute Gasteiger partial charge is 0.352 e. The summed E-state index contributed by atoms with van der Waals surface area (Å²) >= 11 is 11.3. The number of H-pyrrole nitrogens is 1. The minimum atomic E-state index is -0.190. The molecule has 0 fully saturated rings. The molecule has 0 aliphatic carbocycles. The van der Waals surface area contributed by atoms with Gasteiger partial charge in [-0.3, -0.25) is 14.2 Å².